The summed E-state index contributed by atoms with van der Waals surface area (Å²) < 4.78 is 19.6. The highest BCUT2D eigenvalue weighted by atomic mass is 19.1. The summed E-state index contributed by atoms with van der Waals surface area (Å²) in [5, 5.41) is 2.79. The van der Waals surface area contributed by atoms with Crippen LogP contribution in [0.4, 0.5) is 14.9 Å². The first-order valence-electron chi connectivity index (χ1n) is 10.7. The lowest BCUT2D eigenvalue weighted by Crippen LogP contribution is -2.50. The topological polar surface area (TPSA) is 77.2 Å². The average molecular weight is 434 g/mol. The fourth-order valence-electron chi connectivity index (χ4n) is 4.02. The summed E-state index contributed by atoms with van der Waals surface area (Å²) in [6, 6.07) is 19.5. The number of alkyl carbamates (subject to hydrolysis) is 1. The van der Waals surface area contributed by atoms with Gasteiger partial charge in [0.15, 0.2) is 0 Å². The van der Waals surface area contributed by atoms with Crippen molar-refractivity contribution in [3.05, 3.63) is 72.4 Å². The van der Waals surface area contributed by atoms with Crippen molar-refractivity contribution in [2.75, 3.05) is 5.73 Å². The van der Waals surface area contributed by atoms with Gasteiger partial charge in [-0.05, 0) is 38.0 Å². The van der Waals surface area contributed by atoms with Crippen molar-refractivity contribution in [3.63, 3.8) is 0 Å². The zero-order valence-corrected chi connectivity index (χ0v) is 18.6. The van der Waals surface area contributed by atoms with Gasteiger partial charge in [-0.2, -0.15) is 0 Å². The minimum Gasteiger partial charge on any atom is -0.438 e. The molecule has 0 radical (unpaired) electrons. The first-order chi connectivity index (χ1) is 15.2. The van der Waals surface area contributed by atoms with Gasteiger partial charge in [0.2, 0.25) is 0 Å². The Labute approximate surface area is 187 Å². The van der Waals surface area contributed by atoms with E-state index in [1.807, 2.05) is 81.4 Å². The number of carbonyl (C=O) groups is 1. The molecule has 0 spiro atoms. The van der Waals surface area contributed by atoms with Gasteiger partial charge in [-0.3, -0.25) is 4.98 Å². The number of hydrogen-bond acceptors (Lipinski definition) is 4. The predicted octanol–water partition coefficient (Wildman–Crippen LogP) is 5.85. The molecule has 0 unspecified atom stereocenters. The third kappa shape index (κ3) is 4.59. The maximum atomic E-state index is 13.9. The Balaban J connectivity index is 1.64. The van der Waals surface area contributed by atoms with E-state index in [9.17, 15) is 9.18 Å². The molecular formula is C26H28FN3O2. The van der Waals surface area contributed by atoms with Gasteiger partial charge in [0, 0.05) is 29.5 Å². The van der Waals surface area contributed by atoms with Crippen LogP contribution in [0.1, 0.15) is 39.2 Å². The van der Waals surface area contributed by atoms with Crippen LogP contribution in [0.15, 0.2) is 66.9 Å². The Morgan fingerprint density at radius 2 is 1.75 bits per heavy atom. The van der Waals surface area contributed by atoms with E-state index in [4.69, 9.17) is 10.5 Å². The number of nitrogens with one attached hydrogen (secondary N) is 1. The number of amides is 1. The van der Waals surface area contributed by atoms with E-state index in [0.717, 1.165) is 27.9 Å². The number of nitrogen functional groups attached to an aromatic ring is 1. The van der Waals surface area contributed by atoms with Crippen molar-refractivity contribution in [1.82, 2.24) is 10.3 Å². The van der Waals surface area contributed by atoms with Crippen LogP contribution in [0.5, 0.6) is 0 Å². The number of hydrogen-bond donors (Lipinski definition) is 2. The van der Waals surface area contributed by atoms with Crippen molar-refractivity contribution >= 4 is 11.8 Å². The number of nitrogens with zero attached hydrogens (tertiary/aromatic N) is 1. The van der Waals surface area contributed by atoms with Gasteiger partial charge in [0.25, 0.3) is 0 Å². The number of rotatable bonds is 4. The summed E-state index contributed by atoms with van der Waals surface area (Å²) in [4.78, 5) is 17.0. The maximum absolute atomic E-state index is 13.9. The highest BCUT2D eigenvalue weighted by Gasteiger charge is 2.50. The van der Waals surface area contributed by atoms with Crippen LogP contribution in [0.3, 0.4) is 0 Å². The zero-order valence-electron chi connectivity index (χ0n) is 18.6. The maximum Gasteiger partial charge on any atom is 0.408 e. The largest absolute Gasteiger partial charge is 0.438 e. The molecule has 166 valence electrons. The van der Waals surface area contributed by atoms with Crippen molar-refractivity contribution < 1.29 is 13.9 Å². The van der Waals surface area contributed by atoms with Crippen LogP contribution >= 0.6 is 0 Å². The number of halogens is 1. The van der Waals surface area contributed by atoms with Crippen LogP contribution in [0.2, 0.25) is 0 Å². The van der Waals surface area contributed by atoms with Crippen LogP contribution < -0.4 is 11.1 Å². The molecule has 0 saturated heterocycles. The molecular weight excluding hydrogens is 405 g/mol. The first-order valence-corrected chi connectivity index (χ1v) is 10.7. The summed E-state index contributed by atoms with van der Waals surface area (Å²) in [5.41, 5.74) is 9.62. The lowest BCUT2D eigenvalue weighted by molar-refractivity contribution is -0.0972. The molecule has 3 aromatic rings. The Hall–Kier alpha value is -3.41. The number of ether oxygens (including phenoxy) is 1. The monoisotopic (exact) mass is 433 g/mol. The predicted molar refractivity (Wildman–Crippen MR) is 125 cm³/mol. The average Bonchev–Trinajstić information content (AvgIpc) is 2.72. The lowest BCUT2D eigenvalue weighted by Gasteiger charge is -2.44. The second kappa shape index (κ2) is 8.26. The third-order valence-electron chi connectivity index (χ3n) is 5.55. The molecule has 1 aliphatic rings. The molecule has 4 rings (SSSR count). The number of carbonyl (C=O) groups excluding carboxylic acids is 1. The van der Waals surface area contributed by atoms with Gasteiger partial charge in [-0.1, -0.05) is 54.6 Å². The van der Waals surface area contributed by atoms with Gasteiger partial charge in [0.05, 0.1) is 17.6 Å². The highest BCUT2D eigenvalue weighted by molar-refractivity contribution is 5.82. The van der Waals surface area contributed by atoms with E-state index in [0.29, 0.717) is 5.69 Å². The second-order valence-electron chi connectivity index (χ2n) is 9.37. The molecule has 0 aliphatic heterocycles. The smallest absolute Gasteiger partial charge is 0.408 e. The quantitative estimate of drug-likeness (QED) is 0.541. The molecule has 0 bridgehead atoms. The molecule has 32 heavy (non-hydrogen) atoms. The van der Waals surface area contributed by atoms with E-state index in [1.54, 1.807) is 6.20 Å². The minimum atomic E-state index is -0.986. The molecule has 5 nitrogen and oxygen atoms in total. The van der Waals surface area contributed by atoms with Gasteiger partial charge >= 0.3 is 6.09 Å². The van der Waals surface area contributed by atoms with E-state index in [1.165, 1.54) is 0 Å². The second-order valence-corrected chi connectivity index (χ2v) is 9.37. The Kier molecular flexibility index (Phi) is 5.63. The van der Waals surface area contributed by atoms with Gasteiger partial charge in [-0.15, -0.1) is 0 Å². The summed E-state index contributed by atoms with van der Waals surface area (Å²) in [6.45, 7) is 5.62. The van der Waals surface area contributed by atoms with Crippen LogP contribution in [0, 0.1) is 0 Å². The van der Waals surface area contributed by atoms with Crippen molar-refractivity contribution in [2.24, 2.45) is 0 Å². The third-order valence-corrected chi connectivity index (χ3v) is 5.55. The fraction of sp³-hybridized carbons (Fsp3) is 0.308. The molecule has 1 aliphatic carbocycles. The fourth-order valence-corrected chi connectivity index (χ4v) is 4.02. The normalized spacial score (nSPS) is 20.3. The molecule has 2 aromatic carbocycles. The van der Waals surface area contributed by atoms with E-state index in [-0.39, 0.29) is 12.8 Å². The van der Waals surface area contributed by atoms with E-state index < -0.39 is 23.4 Å². The number of anilines is 1. The number of pyridine rings is 1. The molecule has 1 aromatic heterocycles. The van der Waals surface area contributed by atoms with Crippen molar-refractivity contribution in [2.45, 2.75) is 50.9 Å². The molecule has 1 heterocycles. The van der Waals surface area contributed by atoms with Crippen LogP contribution in [-0.2, 0) is 10.3 Å². The Morgan fingerprint density at radius 1 is 1.09 bits per heavy atom. The minimum absolute atomic E-state index is 0.152. The Bertz CT molecular complexity index is 1100. The number of alkyl halides is 1. The van der Waals surface area contributed by atoms with Gasteiger partial charge in [0.1, 0.15) is 11.8 Å². The SMILES string of the molecule is CC(C)(C)NC(=O)OC1(c2ccc(-c3ncc(N)cc3-c3ccccc3)cc2)CC(F)C1. The molecule has 1 saturated carbocycles. The molecule has 1 fully saturated rings. The number of nitrogens with two attached hydrogens (primary N) is 1. The first kappa shape index (κ1) is 21.8. The van der Waals surface area contributed by atoms with Crippen LogP contribution in [0.25, 0.3) is 22.4 Å². The summed E-state index contributed by atoms with van der Waals surface area (Å²) >= 11 is 0. The molecule has 0 atom stereocenters. The summed E-state index contributed by atoms with van der Waals surface area (Å²) in [7, 11) is 0. The molecule has 6 heteroatoms. The summed E-state index contributed by atoms with van der Waals surface area (Å²) in [6.07, 6.45) is 0.413. The molecule has 3 N–H and O–H groups in total. The molecule has 1 amide bonds. The van der Waals surface area contributed by atoms with Gasteiger partial charge in [-0.25, -0.2) is 9.18 Å². The number of aromatic nitrogens is 1. The van der Waals surface area contributed by atoms with E-state index >= 15 is 0 Å². The standard InChI is InChI=1S/C26H28FN3O2/c1-25(2,3)30-24(31)32-26(14-20(27)15-26)19-11-9-18(10-12-19)23-22(13-21(28)16-29-23)17-7-5-4-6-8-17/h4-13,16,20H,14-15,28H2,1-3H3,(H,30,31). The zero-order chi connectivity index (χ0) is 22.9. The highest BCUT2D eigenvalue weighted by Crippen LogP contribution is 2.47. The van der Waals surface area contributed by atoms with Gasteiger partial charge < -0.3 is 15.8 Å². The Morgan fingerprint density at radius 3 is 2.34 bits per heavy atom. The van der Waals surface area contributed by atoms with Crippen molar-refractivity contribution in [3.8, 4) is 22.4 Å². The van der Waals surface area contributed by atoms with Crippen molar-refractivity contribution in [1.29, 1.82) is 0 Å². The van der Waals surface area contributed by atoms with Crippen LogP contribution in [-0.4, -0.2) is 22.8 Å². The van der Waals surface area contributed by atoms with E-state index in [2.05, 4.69) is 10.3 Å². The summed E-state index contributed by atoms with van der Waals surface area (Å²) in [5.74, 6) is 0. The number of benzene rings is 2. The lowest BCUT2D eigenvalue weighted by atomic mass is 9.73.